The average molecular weight is 371 g/mol. The van der Waals surface area contributed by atoms with Gasteiger partial charge in [-0.15, -0.1) is 0 Å². The monoisotopic (exact) mass is 370 g/mol. The molecule has 26 heavy (non-hydrogen) atoms. The van der Waals surface area contributed by atoms with Crippen molar-refractivity contribution >= 4 is 34.8 Å². The highest BCUT2D eigenvalue weighted by molar-refractivity contribution is 6.31. The SMILES string of the molecule is Cc1c(Cl)cccc1NC(=O)C1CC(=O)N(c2ccccc2C(C)C)C1. The van der Waals surface area contributed by atoms with Crippen LogP contribution in [0.4, 0.5) is 11.4 Å². The highest BCUT2D eigenvalue weighted by atomic mass is 35.5. The second-order valence-electron chi connectivity index (χ2n) is 7.02. The number of para-hydroxylation sites is 1. The molecule has 0 aromatic heterocycles. The molecule has 0 spiro atoms. The van der Waals surface area contributed by atoms with Crippen LogP contribution in [0, 0.1) is 12.8 Å². The van der Waals surface area contributed by atoms with Crippen molar-refractivity contribution in [3.63, 3.8) is 0 Å². The van der Waals surface area contributed by atoms with Gasteiger partial charge in [0.1, 0.15) is 0 Å². The molecule has 1 aliphatic rings. The molecule has 1 saturated heterocycles. The molecule has 3 rings (SSSR count). The van der Waals surface area contributed by atoms with Crippen LogP contribution in [0.15, 0.2) is 42.5 Å². The number of carbonyl (C=O) groups excluding carboxylic acids is 2. The van der Waals surface area contributed by atoms with Gasteiger partial charge in [-0.1, -0.05) is 49.7 Å². The minimum Gasteiger partial charge on any atom is -0.325 e. The quantitative estimate of drug-likeness (QED) is 0.843. The van der Waals surface area contributed by atoms with E-state index in [2.05, 4.69) is 19.2 Å². The van der Waals surface area contributed by atoms with E-state index in [9.17, 15) is 9.59 Å². The van der Waals surface area contributed by atoms with Crippen LogP contribution in [0.3, 0.4) is 0 Å². The summed E-state index contributed by atoms with van der Waals surface area (Å²) in [4.78, 5) is 27.0. The summed E-state index contributed by atoms with van der Waals surface area (Å²) in [5, 5.41) is 3.53. The summed E-state index contributed by atoms with van der Waals surface area (Å²) in [5.41, 5.74) is 3.54. The summed E-state index contributed by atoms with van der Waals surface area (Å²) in [7, 11) is 0. The van der Waals surface area contributed by atoms with Crippen molar-refractivity contribution in [3.05, 3.63) is 58.6 Å². The molecule has 2 amide bonds. The summed E-state index contributed by atoms with van der Waals surface area (Å²) in [6, 6.07) is 13.3. The molecule has 1 aliphatic heterocycles. The molecule has 1 heterocycles. The third-order valence-corrected chi connectivity index (χ3v) is 5.28. The van der Waals surface area contributed by atoms with Gasteiger partial charge in [-0.25, -0.2) is 0 Å². The lowest BCUT2D eigenvalue weighted by Gasteiger charge is -2.22. The number of amides is 2. The molecule has 0 radical (unpaired) electrons. The van der Waals surface area contributed by atoms with E-state index in [1.165, 1.54) is 0 Å². The molecule has 2 aromatic rings. The van der Waals surface area contributed by atoms with Crippen LogP contribution in [0.1, 0.15) is 37.3 Å². The number of benzene rings is 2. The van der Waals surface area contributed by atoms with Crippen molar-refractivity contribution in [2.24, 2.45) is 5.92 Å². The topological polar surface area (TPSA) is 49.4 Å². The molecule has 136 valence electrons. The highest BCUT2D eigenvalue weighted by Gasteiger charge is 2.36. The van der Waals surface area contributed by atoms with Crippen molar-refractivity contribution in [1.29, 1.82) is 0 Å². The first kappa shape index (κ1) is 18.5. The molecule has 1 atom stereocenters. The van der Waals surface area contributed by atoms with Crippen molar-refractivity contribution in [2.45, 2.75) is 33.1 Å². The minimum atomic E-state index is -0.374. The number of halogens is 1. The van der Waals surface area contributed by atoms with Crippen molar-refractivity contribution < 1.29 is 9.59 Å². The fourth-order valence-electron chi connectivity index (χ4n) is 3.32. The second-order valence-corrected chi connectivity index (χ2v) is 7.43. The van der Waals surface area contributed by atoms with Gasteiger partial charge in [0.15, 0.2) is 0 Å². The van der Waals surface area contributed by atoms with Crippen molar-refractivity contribution in [1.82, 2.24) is 0 Å². The fraction of sp³-hybridized carbons (Fsp3) is 0.333. The number of carbonyl (C=O) groups is 2. The molecule has 1 N–H and O–H groups in total. The third kappa shape index (κ3) is 3.61. The number of hydrogen-bond donors (Lipinski definition) is 1. The van der Waals surface area contributed by atoms with Gasteiger partial charge in [0.25, 0.3) is 0 Å². The summed E-state index contributed by atoms with van der Waals surface area (Å²) in [6.07, 6.45) is 0.220. The predicted molar refractivity (Wildman–Crippen MR) is 106 cm³/mol. The van der Waals surface area contributed by atoms with E-state index < -0.39 is 0 Å². The molecule has 0 aliphatic carbocycles. The first-order valence-electron chi connectivity index (χ1n) is 8.83. The number of nitrogens with one attached hydrogen (secondary N) is 1. The Bertz CT molecular complexity index is 848. The largest absolute Gasteiger partial charge is 0.325 e. The lowest BCUT2D eigenvalue weighted by molar-refractivity contribution is -0.122. The molecule has 4 nitrogen and oxygen atoms in total. The van der Waals surface area contributed by atoms with Crippen LogP contribution in [0.5, 0.6) is 0 Å². The van der Waals surface area contributed by atoms with Crippen LogP contribution in [0.25, 0.3) is 0 Å². The van der Waals surface area contributed by atoms with Crippen molar-refractivity contribution in [2.75, 3.05) is 16.8 Å². The van der Waals surface area contributed by atoms with Crippen LogP contribution in [0.2, 0.25) is 5.02 Å². The van der Waals surface area contributed by atoms with Gasteiger partial charge in [-0.3, -0.25) is 9.59 Å². The van der Waals surface area contributed by atoms with Gasteiger partial charge in [0.05, 0.1) is 5.92 Å². The summed E-state index contributed by atoms with van der Waals surface area (Å²) < 4.78 is 0. The molecule has 1 unspecified atom stereocenters. The first-order valence-corrected chi connectivity index (χ1v) is 9.21. The maximum absolute atomic E-state index is 12.7. The van der Waals surface area contributed by atoms with Crippen molar-refractivity contribution in [3.8, 4) is 0 Å². The Hall–Kier alpha value is -2.33. The predicted octanol–water partition coefficient (Wildman–Crippen LogP) is 4.76. The van der Waals surface area contributed by atoms with E-state index in [-0.39, 0.29) is 24.2 Å². The number of anilines is 2. The molecular weight excluding hydrogens is 348 g/mol. The zero-order valence-electron chi connectivity index (χ0n) is 15.3. The first-order chi connectivity index (χ1) is 12.4. The minimum absolute atomic E-state index is 0.0129. The van der Waals surface area contributed by atoms with Gasteiger partial charge in [-0.2, -0.15) is 0 Å². The Kier molecular flexibility index (Phi) is 5.33. The summed E-state index contributed by atoms with van der Waals surface area (Å²) in [6.45, 7) is 6.47. The Morgan fingerprint density at radius 2 is 1.92 bits per heavy atom. The van der Waals surface area contributed by atoms with Crippen LogP contribution in [-0.4, -0.2) is 18.4 Å². The standard InChI is InChI=1S/C21H23ClN2O2/c1-13(2)16-7-4-5-10-19(16)24-12-15(11-20(24)25)21(26)23-18-9-6-8-17(22)14(18)3/h4-10,13,15H,11-12H2,1-3H3,(H,23,26). The van der Waals surface area contributed by atoms with Gasteiger partial charge in [0.2, 0.25) is 11.8 Å². The van der Waals surface area contributed by atoms with E-state index in [0.717, 1.165) is 16.8 Å². The van der Waals surface area contributed by atoms with Gasteiger partial charge >= 0.3 is 0 Å². The van der Waals surface area contributed by atoms with Crippen LogP contribution >= 0.6 is 11.6 Å². The zero-order chi connectivity index (χ0) is 18.8. The highest BCUT2D eigenvalue weighted by Crippen LogP contribution is 2.33. The summed E-state index contributed by atoms with van der Waals surface area (Å²) in [5.74, 6) is -0.226. The molecule has 2 aromatic carbocycles. The summed E-state index contributed by atoms with van der Waals surface area (Å²) >= 11 is 6.12. The van der Waals surface area contributed by atoms with Gasteiger partial charge < -0.3 is 10.2 Å². The molecule has 5 heteroatoms. The maximum Gasteiger partial charge on any atom is 0.229 e. The van der Waals surface area contributed by atoms with Gasteiger partial charge in [0, 0.05) is 29.4 Å². The van der Waals surface area contributed by atoms with E-state index in [1.54, 1.807) is 17.0 Å². The maximum atomic E-state index is 12.7. The lowest BCUT2D eigenvalue weighted by Crippen LogP contribution is -2.29. The Balaban J connectivity index is 1.78. The number of rotatable bonds is 4. The fourth-order valence-corrected chi connectivity index (χ4v) is 3.49. The number of hydrogen-bond acceptors (Lipinski definition) is 2. The third-order valence-electron chi connectivity index (χ3n) is 4.87. The molecule has 0 saturated carbocycles. The van der Waals surface area contributed by atoms with Crippen LogP contribution < -0.4 is 10.2 Å². The Morgan fingerprint density at radius 3 is 2.65 bits per heavy atom. The van der Waals surface area contributed by atoms with E-state index in [4.69, 9.17) is 11.6 Å². The van der Waals surface area contributed by atoms with E-state index >= 15 is 0 Å². The molecule has 1 fully saturated rings. The molecular formula is C21H23ClN2O2. The molecule has 0 bridgehead atoms. The normalized spacial score (nSPS) is 17.0. The zero-order valence-corrected chi connectivity index (χ0v) is 16.0. The smallest absolute Gasteiger partial charge is 0.229 e. The van der Waals surface area contributed by atoms with Gasteiger partial charge in [-0.05, 0) is 42.2 Å². The van der Waals surface area contributed by atoms with Crippen LogP contribution in [-0.2, 0) is 9.59 Å². The Labute approximate surface area is 159 Å². The Morgan fingerprint density at radius 1 is 1.19 bits per heavy atom. The van der Waals surface area contributed by atoms with E-state index in [0.29, 0.717) is 23.2 Å². The average Bonchev–Trinajstić information content (AvgIpc) is 3.00. The van der Waals surface area contributed by atoms with E-state index in [1.807, 2.05) is 37.3 Å². The lowest BCUT2D eigenvalue weighted by atomic mass is 10.0. The second kappa shape index (κ2) is 7.50. The number of nitrogens with zero attached hydrogens (tertiary/aromatic N) is 1.